The SMILES string of the molecule is C=C1C(=O)O[C@H]2CC(=C)[C@@H](O)CC/C(C)=C/[C@@H](O)[C@@H]12. The van der Waals surface area contributed by atoms with Crippen molar-refractivity contribution in [1.82, 2.24) is 0 Å². The summed E-state index contributed by atoms with van der Waals surface area (Å²) in [6, 6.07) is 0. The molecule has 0 radical (unpaired) electrons. The van der Waals surface area contributed by atoms with Gasteiger partial charge in [0.2, 0.25) is 0 Å². The molecular weight excluding hydrogens is 244 g/mol. The average Bonchev–Trinajstić information content (AvgIpc) is 2.60. The molecule has 0 bridgehead atoms. The minimum absolute atomic E-state index is 0.296. The zero-order chi connectivity index (χ0) is 14.2. The summed E-state index contributed by atoms with van der Waals surface area (Å²) in [6.45, 7) is 9.47. The molecule has 4 nitrogen and oxygen atoms in total. The van der Waals surface area contributed by atoms with Gasteiger partial charge in [-0.3, -0.25) is 0 Å². The average molecular weight is 264 g/mol. The summed E-state index contributed by atoms with van der Waals surface area (Å²) in [6.07, 6.45) is 1.47. The maximum atomic E-state index is 11.6. The van der Waals surface area contributed by atoms with Gasteiger partial charge in [0.1, 0.15) is 6.10 Å². The number of esters is 1. The van der Waals surface area contributed by atoms with Crippen LogP contribution in [0.2, 0.25) is 0 Å². The van der Waals surface area contributed by atoms with Crippen LogP contribution < -0.4 is 0 Å². The predicted octanol–water partition coefficient (Wildman–Crippen LogP) is 1.49. The van der Waals surface area contributed by atoms with Crippen LogP contribution in [0.4, 0.5) is 0 Å². The highest BCUT2D eigenvalue weighted by molar-refractivity contribution is 5.91. The molecule has 1 fully saturated rings. The molecule has 19 heavy (non-hydrogen) atoms. The smallest absolute Gasteiger partial charge is 0.334 e. The number of fused-ring (bicyclic) bond motifs is 1. The van der Waals surface area contributed by atoms with Gasteiger partial charge >= 0.3 is 5.97 Å². The lowest BCUT2D eigenvalue weighted by Crippen LogP contribution is -2.30. The van der Waals surface area contributed by atoms with E-state index in [1.54, 1.807) is 6.08 Å². The van der Waals surface area contributed by atoms with Crippen molar-refractivity contribution in [3.8, 4) is 0 Å². The molecule has 4 heteroatoms. The second-order valence-corrected chi connectivity index (χ2v) is 5.42. The van der Waals surface area contributed by atoms with Crippen molar-refractivity contribution < 1.29 is 19.7 Å². The third kappa shape index (κ3) is 2.80. The highest BCUT2D eigenvalue weighted by atomic mass is 16.6. The number of carbonyl (C=O) groups is 1. The van der Waals surface area contributed by atoms with E-state index in [1.165, 1.54) is 0 Å². The molecule has 1 saturated heterocycles. The third-order valence-electron chi connectivity index (χ3n) is 3.89. The highest BCUT2D eigenvalue weighted by Gasteiger charge is 2.42. The Hall–Kier alpha value is -1.39. The molecule has 0 aromatic heterocycles. The lowest BCUT2D eigenvalue weighted by Gasteiger charge is -2.25. The molecule has 1 aliphatic heterocycles. The van der Waals surface area contributed by atoms with Crippen LogP contribution >= 0.6 is 0 Å². The number of carbonyl (C=O) groups excluding carboxylic acids is 1. The number of ether oxygens (including phenoxy) is 1. The molecule has 0 unspecified atom stereocenters. The minimum Gasteiger partial charge on any atom is -0.458 e. The van der Waals surface area contributed by atoms with E-state index in [1.807, 2.05) is 6.92 Å². The molecule has 2 aliphatic rings. The van der Waals surface area contributed by atoms with Crippen molar-refractivity contribution in [2.75, 3.05) is 0 Å². The molecule has 0 saturated carbocycles. The van der Waals surface area contributed by atoms with Crippen molar-refractivity contribution in [1.29, 1.82) is 0 Å². The van der Waals surface area contributed by atoms with Gasteiger partial charge in [0.25, 0.3) is 0 Å². The Balaban J connectivity index is 2.33. The Morgan fingerprint density at radius 2 is 2.05 bits per heavy atom. The van der Waals surface area contributed by atoms with Gasteiger partial charge in [-0.05, 0) is 25.3 Å². The second-order valence-electron chi connectivity index (χ2n) is 5.42. The van der Waals surface area contributed by atoms with Gasteiger partial charge in [0.15, 0.2) is 0 Å². The second kappa shape index (κ2) is 5.31. The van der Waals surface area contributed by atoms with Gasteiger partial charge in [-0.15, -0.1) is 0 Å². The van der Waals surface area contributed by atoms with Crippen LogP contribution in [-0.4, -0.2) is 34.5 Å². The van der Waals surface area contributed by atoms with Crippen LogP contribution in [-0.2, 0) is 9.53 Å². The molecule has 1 aliphatic carbocycles. The summed E-state index contributed by atoms with van der Waals surface area (Å²) in [5, 5.41) is 20.2. The number of hydrogen-bond donors (Lipinski definition) is 2. The Kier molecular flexibility index (Phi) is 3.92. The normalized spacial score (nSPS) is 39.3. The maximum Gasteiger partial charge on any atom is 0.334 e. The number of rotatable bonds is 0. The molecule has 0 aromatic carbocycles. The number of allylic oxidation sites excluding steroid dienone is 1. The summed E-state index contributed by atoms with van der Waals surface area (Å²) in [4.78, 5) is 11.6. The van der Waals surface area contributed by atoms with E-state index < -0.39 is 30.2 Å². The number of hydrogen-bond acceptors (Lipinski definition) is 4. The molecule has 2 N–H and O–H groups in total. The van der Waals surface area contributed by atoms with Gasteiger partial charge in [-0.1, -0.05) is 24.8 Å². The van der Waals surface area contributed by atoms with Crippen LogP contribution in [0, 0.1) is 5.92 Å². The van der Waals surface area contributed by atoms with E-state index in [9.17, 15) is 15.0 Å². The first-order valence-electron chi connectivity index (χ1n) is 6.51. The molecule has 0 amide bonds. The molecule has 0 aromatic rings. The van der Waals surface area contributed by atoms with Crippen molar-refractivity contribution in [2.24, 2.45) is 5.92 Å². The minimum atomic E-state index is -0.785. The van der Waals surface area contributed by atoms with E-state index in [-0.39, 0.29) is 0 Å². The Labute approximate surface area is 113 Å². The first kappa shape index (κ1) is 14.0. The lowest BCUT2D eigenvalue weighted by molar-refractivity contribution is -0.139. The number of aliphatic hydroxyl groups excluding tert-OH is 2. The molecule has 4 atom stereocenters. The molecule has 2 rings (SSSR count). The topological polar surface area (TPSA) is 66.8 Å². The maximum absolute atomic E-state index is 11.6. The summed E-state index contributed by atoms with van der Waals surface area (Å²) >= 11 is 0. The summed E-state index contributed by atoms with van der Waals surface area (Å²) in [5.74, 6) is -0.925. The van der Waals surface area contributed by atoms with Crippen molar-refractivity contribution in [2.45, 2.75) is 44.5 Å². The number of aliphatic hydroxyl groups is 2. The third-order valence-corrected chi connectivity index (χ3v) is 3.89. The van der Waals surface area contributed by atoms with Crippen LogP contribution in [0.15, 0.2) is 36.0 Å². The standard InChI is InChI=1S/C15H20O4/c1-8-4-5-11(16)9(2)7-13-14(12(17)6-8)10(3)15(18)19-13/h6,11-14,16-17H,2-5,7H2,1H3/b8-6+/t11-,12+,13-,14+/m0/s1. The quantitative estimate of drug-likeness (QED) is 0.395. The predicted molar refractivity (Wildman–Crippen MR) is 71.3 cm³/mol. The fraction of sp³-hybridized carbons (Fsp3) is 0.533. The van der Waals surface area contributed by atoms with Crippen molar-refractivity contribution in [3.05, 3.63) is 36.0 Å². The van der Waals surface area contributed by atoms with Gasteiger partial charge in [-0.25, -0.2) is 4.79 Å². The molecular formula is C15H20O4. The highest BCUT2D eigenvalue weighted by Crippen LogP contribution is 2.35. The molecule has 104 valence electrons. The Morgan fingerprint density at radius 3 is 2.74 bits per heavy atom. The van der Waals surface area contributed by atoms with E-state index in [2.05, 4.69) is 13.2 Å². The van der Waals surface area contributed by atoms with Gasteiger partial charge < -0.3 is 14.9 Å². The fourth-order valence-electron chi connectivity index (χ4n) is 2.68. The van der Waals surface area contributed by atoms with Gasteiger partial charge in [0, 0.05) is 12.0 Å². The molecule has 0 spiro atoms. The van der Waals surface area contributed by atoms with Crippen LogP contribution in [0.3, 0.4) is 0 Å². The van der Waals surface area contributed by atoms with E-state index in [4.69, 9.17) is 4.74 Å². The Morgan fingerprint density at radius 1 is 1.37 bits per heavy atom. The van der Waals surface area contributed by atoms with Crippen molar-refractivity contribution in [3.63, 3.8) is 0 Å². The van der Waals surface area contributed by atoms with Crippen LogP contribution in [0.1, 0.15) is 26.2 Å². The van der Waals surface area contributed by atoms with Crippen molar-refractivity contribution >= 4 is 5.97 Å². The Bertz CT molecular complexity index is 449. The van der Waals surface area contributed by atoms with Gasteiger partial charge in [-0.2, -0.15) is 0 Å². The zero-order valence-corrected chi connectivity index (χ0v) is 11.1. The van der Waals surface area contributed by atoms with Crippen LogP contribution in [0.5, 0.6) is 0 Å². The molecule has 1 heterocycles. The largest absolute Gasteiger partial charge is 0.458 e. The zero-order valence-electron chi connectivity index (χ0n) is 11.1. The van der Waals surface area contributed by atoms with E-state index in [0.29, 0.717) is 30.4 Å². The van der Waals surface area contributed by atoms with E-state index >= 15 is 0 Å². The fourth-order valence-corrected chi connectivity index (χ4v) is 2.68. The van der Waals surface area contributed by atoms with Gasteiger partial charge in [0.05, 0.1) is 18.1 Å². The van der Waals surface area contributed by atoms with Crippen LogP contribution in [0.25, 0.3) is 0 Å². The lowest BCUT2D eigenvalue weighted by atomic mass is 9.84. The monoisotopic (exact) mass is 264 g/mol. The first-order chi connectivity index (χ1) is 8.90. The first-order valence-corrected chi connectivity index (χ1v) is 6.51. The summed E-state index contributed by atoms with van der Waals surface area (Å²) in [7, 11) is 0. The summed E-state index contributed by atoms with van der Waals surface area (Å²) < 4.78 is 5.23. The van der Waals surface area contributed by atoms with E-state index in [0.717, 1.165) is 5.57 Å². The summed E-state index contributed by atoms with van der Waals surface area (Å²) in [5.41, 5.74) is 1.91.